The molecular formula is C35H54F3N13. The van der Waals surface area contributed by atoms with Gasteiger partial charge in [0.25, 0.3) is 0 Å². The molecule has 3 aromatic rings. The number of nitrogens with one attached hydrogen (secondary N) is 1. The van der Waals surface area contributed by atoms with Crippen LogP contribution < -0.4 is 37.2 Å². The number of hydrogen-bond acceptors (Lipinski definition) is 13. The summed E-state index contributed by atoms with van der Waals surface area (Å²) < 4.78 is 37.7. The Morgan fingerprint density at radius 2 is 1.16 bits per heavy atom. The van der Waals surface area contributed by atoms with Crippen LogP contribution >= 0.6 is 0 Å². The number of rotatable bonds is 7. The van der Waals surface area contributed by atoms with Crippen molar-refractivity contribution in [1.82, 2.24) is 35.0 Å². The van der Waals surface area contributed by atoms with Crippen molar-refractivity contribution in [3.8, 4) is 0 Å². The number of nitrogens with zero attached hydrogens (tertiary/aromatic N) is 9. The van der Waals surface area contributed by atoms with Crippen molar-refractivity contribution in [2.75, 3.05) is 131 Å². The van der Waals surface area contributed by atoms with Crippen molar-refractivity contribution in [2.24, 2.45) is 0 Å². The summed E-state index contributed by atoms with van der Waals surface area (Å²) in [4.78, 5) is 26.4. The van der Waals surface area contributed by atoms with E-state index in [1.807, 2.05) is 24.3 Å². The number of anilines is 6. The minimum Gasteiger partial charge on any atom is -0.397 e. The van der Waals surface area contributed by atoms with Crippen molar-refractivity contribution in [3.63, 3.8) is 0 Å². The first-order chi connectivity index (χ1) is 24.4. The largest absolute Gasteiger partial charge is 0.405 e. The number of halogens is 3. The Balaban J connectivity index is 0.000000148. The Kier molecular flexibility index (Phi) is 13.4. The van der Waals surface area contributed by atoms with Gasteiger partial charge in [-0.3, -0.25) is 9.80 Å². The summed E-state index contributed by atoms with van der Waals surface area (Å²) in [5.41, 5.74) is 18.7. The first-order valence-electron chi connectivity index (χ1n) is 17.8. The lowest BCUT2D eigenvalue weighted by molar-refractivity contribution is -0.155. The summed E-state index contributed by atoms with van der Waals surface area (Å²) in [6.45, 7) is 11.8. The standard InChI is InChI=1S/C13H23N5.C12H18N4.C10H13F3N4/c1-16(2)5-6-17-7-9-18(10-8-17)13-4-3-12(14)11-15-13;13-10-1-4-12(14-9-10)16-7-5-15(6-8-16)11-2-3-11;11-10(12,13)8-6-17(4-3-15-8)9-2-1-7(14)5-16-9/h3-4,11H,5-10,14H2,1-2H3;1,4,9,11H,2-3,5-8,13H2;1-2,5,8,15H,3-4,6,14H2. The lowest BCUT2D eigenvalue weighted by Gasteiger charge is -2.35. The lowest BCUT2D eigenvalue weighted by atomic mass is 10.2. The third-order valence-electron chi connectivity index (χ3n) is 9.47. The Labute approximate surface area is 299 Å². The maximum atomic E-state index is 12.6. The van der Waals surface area contributed by atoms with Crippen LogP contribution in [0.25, 0.3) is 0 Å². The maximum absolute atomic E-state index is 12.6. The van der Waals surface area contributed by atoms with Crippen LogP contribution in [0.4, 0.5) is 47.7 Å². The molecule has 0 spiro atoms. The second kappa shape index (κ2) is 17.9. The molecule has 1 unspecified atom stereocenters. The van der Waals surface area contributed by atoms with Gasteiger partial charge in [0, 0.05) is 91.1 Å². The van der Waals surface area contributed by atoms with Crippen LogP contribution in [-0.4, -0.2) is 147 Å². The van der Waals surface area contributed by atoms with Gasteiger partial charge in [-0.1, -0.05) is 0 Å². The van der Waals surface area contributed by atoms with Gasteiger partial charge < -0.3 is 42.1 Å². The zero-order valence-electron chi connectivity index (χ0n) is 29.8. The van der Waals surface area contributed by atoms with E-state index in [1.165, 1.54) is 32.1 Å². The first kappa shape index (κ1) is 38.1. The van der Waals surface area contributed by atoms with E-state index in [0.717, 1.165) is 81.4 Å². The first-order valence-corrected chi connectivity index (χ1v) is 17.8. The molecule has 0 bridgehead atoms. The molecule has 3 aliphatic heterocycles. The molecule has 0 aromatic carbocycles. The zero-order chi connectivity index (χ0) is 36.4. The smallest absolute Gasteiger partial charge is 0.397 e. The molecule has 1 atom stereocenters. The zero-order valence-corrected chi connectivity index (χ0v) is 29.8. The van der Waals surface area contributed by atoms with Crippen molar-refractivity contribution in [3.05, 3.63) is 55.0 Å². The molecule has 3 aromatic heterocycles. The Bertz CT molecular complexity index is 1440. The molecule has 4 aliphatic rings. The molecule has 0 radical (unpaired) electrons. The quantitative estimate of drug-likeness (QED) is 0.284. The number of nitrogen functional groups attached to an aromatic ring is 3. The Morgan fingerprint density at radius 1 is 0.686 bits per heavy atom. The SMILES string of the molecule is CN(C)CCN1CCN(c2ccc(N)cn2)CC1.Nc1ccc(N2CCN(C3CC3)CC2)nc1.Nc1ccc(N2CCNC(C(F)(F)F)C2)nc1. The van der Waals surface area contributed by atoms with Gasteiger partial charge in [0.2, 0.25) is 0 Å². The fraction of sp³-hybridized carbons (Fsp3) is 0.571. The molecule has 3 saturated heterocycles. The van der Waals surface area contributed by atoms with Crippen LogP contribution in [0.5, 0.6) is 0 Å². The summed E-state index contributed by atoms with van der Waals surface area (Å²) in [5.74, 6) is 2.62. The maximum Gasteiger partial charge on any atom is 0.405 e. The molecule has 1 saturated carbocycles. The fourth-order valence-corrected chi connectivity index (χ4v) is 6.23. The molecule has 7 N–H and O–H groups in total. The van der Waals surface area contributed by atoms with E-state index < -0.39 is 12.2 Å². The van der Waals surface area contributed by atoms with Crippen LogP contribution in [0.3, 0.4) is 0 Å². The molecule has 7 rings (SSSR count). The summed E-state index contributed by atoms with van der Waals surface area (Å²) in [6.07, 6.45) is 3.49. The van der Waals surface area contributed by atoms with Crippen LogP contribution in [-0.2, 0) is 0 Å². The summed E-state index contributed by atoms with van der Waals surface area (Å²) >= 11 is 0. The summed E-state index contributed by atoms with van der Waals surface area (Å²) in [7, 11) is 4.24. The van der Waals surface area contributed by atoms with Gasteiger partial charge in [-0.2, -0.15) is 13.2 Å². The Morgan fingerprint density at radius 3 is 1.57 bits per heavy atom. The Hall–Kier alpha value is -4.12. The van der Waals surface area contributed by atoms with Gasteiger partial charge in [0.15, 0.2) is 0 Å². The van der Waals surface area contributed by atoms with E-state index >= 15 is 0 Å². The van der Waals surface area contributed by atoms with Gasteiger partial charge in [0.05, 0.1) is 35.7 Å². The average molecular weight is 714 g/mol. The van der Waals surface area contributed by atoms with E-state index in [0.29, 0.717) is 18.1 Å². The van der Waals surface area contributed by atoms with Crippen molar-refractivity contribution in [1.29, 1.82) is 0 Å². The number of likely N-dealkylation sites (N-methyl/N-ethyl adjacent to an activating group) is 1. The predicted octanol–water partition coefficient (Wildman–Crippen LogP) is 2.30. The highest BCUT2D eigenvalue weighted by molar-refractivity contribution is 5.48. The molecule has 0 amide bonds. The number of piperazine rings is 3. The molecule has 6 heterocycles. The summed E-state index contributed by atoms with van der Waals surface area (Å²) in [6, 6.07) is 10.5. The van der Waals surface area contributed by atoms with Gasteiger partial charge >= 0.3 is 6.18 Å². The van der Waals surface area contributed by atoms with Gasteiger partial charge in [-0.05, 0) is 63.3 Å². The number of aromatic nitrogens is 3. The number of hydrogen-bond donors (Lipinski definition) is 4. The molecule has 4 fully saturated rings. The van der Waals surface area contributed by atoms with E-state index in [-0.39, 0.29) is 13.1 Å². The van der Waals surface area contributed by atoms with Gasteiger partial charge in [-0.25, -0.2) is 15.0 Å². The number of nitrogens with two attached hydrogens (primary N) is 3. The van der Waals surface area contributed by atoms with E-state index in [9.17, 15) is 13.2 Å². The van der Waals surface area contributed by atoms with Crippen molar-refractivity contribution < 1.29 is 13.2 Å². The minimum absolute atomic E-state index is 0.125. The molecular weight excluding hydrogens is 659 g/mol. The van der Waals surface area contributed by atoms with Crippen molar-refractivity contribution >= 4 is 34.5 Å². The highest BCUT2D eigenvalue weighted by Crippen LogP contribution is 2.28. The van der Waals surface area contributed by atoms with Crippen molar-refractivity contribution in [2.45, 2.75) is 31.1 Å². The number of alkyl halides is 3. The third-order valence-corrected chi connectivity index (χ3v) is 9.47. The van der Waals surface area contributed by atoms with Crippen LogP contribution in [0.15, 0.2) is 55.0 Å². The molecule has 1 aliphatic carbocycles. The second-order valence-corrected chi connectivity index (χ2v) is 13.7. The second-order valence-electron chi connectivity index (χ2n) is 13.7. The molecule has 280 valence electrons. The fourth-order valence-electron chi connectivity index (χ4n) is 6.23. The molecule has 16 heteroatoms. The highest BCUT2D eigenvalue weighted by Gasteiger charge is 2.42. The monoisotopic (exact) mass is 713 g/mol. The molecule has 51 heavy (non-hydrogen) atoms. The van der Waals surface area contributed by atoms with E-state index in [4.69, 9.17) is 17.2 Å². The minimum atomic E-state index is -4.23. The predicted molar refractivity (Wildman–Crippen MR) is 200 cm³/mol. The van der Waals surface area contributed by atoms with Gasteiger partial charge in [0.1, 0.15) is 23.5 Å². The third kappa shape index (κ3) is 12.0. The number of pyridine rings is 3. The van der Waals surface area contributed by atoms with Crippen LogP contribution in [0, 0.1) is 0 Å². The summed E-state index contributed by atoms with van der Waals surface area (Å²) in [5, 5.41) is 2.45. The van der Waals surface area contributed by atoms with Crippen LogP contribution in [0.2, 0.25) is 0 Å². The van der Waals surface area contributed by atoms with E-state index in [2.05, 4.69) is 58.9 Å². The molecule has 13 nitrogen and oxygen atoms in total. The lowest BCUT2D eigenvalue weighted by Crippen LogP contribution is -2.57. The van der Waals surface area contributed by atoms with E-state index in [1.54, 1.807) is 29.4 Å². The normalized spacial score (nSPS) is 20.4. The van der Waals surface area contributed by atoms with Crippen LogP contribution in [0.1, 0.15) is 12.8 Å². The van der Waals surface area contributed by atoms with Gasteiger partial charge in [-0.15, -0.1) is 0 Å². The topological polar surface area (TPSA) is 148 Å². The average Bonchev–Trinajstić information content (AvgIpc) is 3.99. The highest BCUT2D eigenvalue weighted by atomic mass is 19.4.